The van der Waals surface area contributed by atoms with Crippen LogP contribution in [0, 0.1) is 0 Å². The maximum Gasteiger partial charge on any atom is 0.435 e. The molecule has 3 nitrogen and oxygen atoms in total. The quantitative estimate of drug-likeness (QED) is 0.659. The van der Waals surface area contributed by atoms with E-state index in [4.69, 9.17) is 33.8 Å². The van der Waals surface area contributed by atoms with Crippen molar-refractivity contribution in [2.75, 3.05) is 5.73 Å². The summed E-state index contributed by atoms with van der Waals surface area (Å²) in [5, 5.41) is 3.79. The molecular weight excluding hydrogens is 388 g/mol. The average Bonchev–Trinajstić information content (AvgIpc) is 2.98. The standard InChI is InChI=1S/C18H13Cl2F3N2O/c19-13-7-12(8-14(20)9-13)17(18(21,22)23)10-16(25-26-17)5-4-11-2-1-3-15(24)6-11/h1-9H,10,24H2/b5-4-. The Morgan fingerprint density at radius 2 is 1.77 bits per heavy atom. The molecule has 2 aromatic rings. The van der Waals surface area contributed by atoms with Crippen LogP contribution in [0.2, 0.25) is 10.0 Å². The van der Waals surface area contributed by atoms with Gasteiger partial charge >= 0.3 is 6.18 Å². The van der Waals surface area contributed by atoms with Crippen LogP contribution in [0.5, 0.6) is 0 Å². The van der Waals surface area contributed by atoms with Gasteiger partial charge in [-0.3, -0.25) is 0 Å². The highest BCUT2D eigenvalue weighted by molar-refractivity contribution is 6.34. The van der Waals surface area contributed by atoms with Crippen molar-refractivity contribution in [1.29, 1.82) is 0 Å². The normalized spacial score (nSPS) is 20.3. The van der Waals surface area contributed by atoms with Gasteiger partial charge in [0.1, 0.15) is 0 Å². The van der Waals surface area contributed by atoms with Gasteiger partial charge in [0.2, 0.25) is 0 Å². The molecule has 1 heterocycles. The van der Waals surface area contributed by atoms with Crippen molar-refractivity contribution >= 4 is 40.7 Å². The minimum absolute atomic E-state index is 0.0866. The van der Waals surface area contributed by atoms with Crippen LogP contribution in [0.25, 0.3) is 6.08 Å². The Balaban J connectivity index is 1.91. The number of allylic oxidation sites excluding steroid dienone is 1. The van der Waals surface area contributed by atoms with Crippen LogP contribution in [-0.2, 0) is 10.4 Å². The van der Waals surface area contributed by atoms with Gasteiger partial charge in [-0.05, 0) is 42.0 Å². The first kappa shape index (κ1) is 18.6. The Kier molecular flexibility index (Phi) is 4.90. The number of nitrogen functional groups attached to an aromatic ring is 1. The topological polar surface area (TPSA) is 47.6 Å². The first-order valence-corrected chi connectivity index (χ1v) is 8.27. The average molecular weight is 401 g/mol. The predicted octanol–water partition coefficient (Wildman–Crippen LogP) is 5.82. The molecule has 0 saturated heterocycles. The van der Waals surface area contributed by atoms with Crippen LogP contribution in [0.3, 0.4) is 0 Å². The molecule has 0 aromatic heterocycles. The van der Waals surface area contributed by atoms with Crippen LogP contribution in [-0.4, -0.2) is 11.9 Å². The summed E-state index contributed by atoms with van der Waals surface area (Å²) in [5.41, 5.74) is 4.29. The smallest absolute Gasteiger partial charge is 0.399 e. The summed E-state index contributed by atoms with van der Waals surface area (Å²) in [4.78, 5) is 4.90. The van der Waals surface area contributed by atoms with E-state index >= 15 is 0 Å². The van der Waals surface area contributed by atoms with Crippen LogP contribution >= 0.6 is 23.2 Å². The summed E-state index contributed by atoms with van der Waals surface area (Å²) in [6.45, 7) is 0. The second-order valence-corrected chi connectivity index (χ2v) is 6.71. The molecule has 8 heteroatoms. The highest BCUT2D eigenvalue weighted by Gasteiger charge is 2.62. The molecule has 1 aliphatic heterocycles. The van der Waals surface area contributed by atoms with Gasteiger partial charge in [0, 0.05) is 27.7 Å². The molecule has 0 bridgehead atoms. The highest BCUT2D eigenvalue weighted by atomic mass is 35.5. The number of anilines is 1. The summed E-state index contributed by atoms with van der Waals surface area (Å²) >= 11 is 11.7. The maximum absolute atomic E-state index is 13.8. The van der Waals surface area contributed by atoms with Gasteiger partial charge in [0.15, 0.2) is 0 Å². The summed E-state index contributed by atoms with van der Waals surface area (Å²) in [6.07, 6.45) is -2.12. The molecule has 0 saturated carbocycles. The van der Waals surface area contributed by atoms with E-state index in [0.29, 0.717) is 5.69 Å². The minimum Gasteiger partial charge on any atom is -0.399 e. The van der Waals surface area contributed by atoms with Crippen molar-refractivity contribution < 1.29 is 18.0 Å². The zero-order chi connectivity index (χ0) is 18.9. The number of halogens is 5. The number of benzene rings is 2. The molecule has 0 aliphatic carbocycles. The van der Waals surface area contributed by atoms with Gasteiger partial charge in [0.25, 0.3) is 5.60 Å². The summed E-state index contributed by atoms with van der Waals surface area (Å²) in [6, 6.07) is 10.6. The van der Waals surface area contributed by atoms with Crippen molar-refractivity contribution in [1.82, 2.24) is 0 Å². The van der Waals surface area contributed by atoms with E-state index < -0.39 is 18.2 Å². The van der Waals surface area contributed by atoms with E-state index in [0.717, 1.165) is 5.56 Å². The highest BCUT2D eigenvalue weighted by Crippen LogP contribution is 2.49. The van der Waals surface area contributed by atoms with E-state index in [2.05, 4.69) is 5.16 Å². The molecule has 1 aliphatic rings. The fraction of sp³-hybridized carbons (Fsp3) is 0.167. The van der Waals surface area contributed by atoms with E-state index in [1.807, 2.05) is 0 Å². The van der Waals surface area contributed by atoms with Crippen LogP contribution in [0.1, 0.15) is 17.5 Å². The summed E-state index contributed by atoms with van der Waals surface area (Å²) < 4.78 is 41.5. The molecule has 3 rings (SSSR count). The molecule has 26 heavy (non-hydrogen) atoms. The Morgan fingerprint density at radius 3 is 2.38 bits per heavy atom. The third kappa shape index (κ3) is 3.66. The molecular formula is C18H13Cl2F3N2O. The van der Waals surface area contributed by atoms with Crippen molar-refractivity contribution in [2.24, 2.45) is 5.16 Å². The van der Waals surface area contributed by atoms with Crippen LogP contribution < -0.4 is 5.73 Å². The molecule has 0 spiro atoms. The predicted molar refractivity (Wildman–Crippen MR) is 97.2 cm³/mol. The van der Waals surface area contributed by atoms with Crippen molar-refractivity contribution in [3.63, 3.8) is 0 Å². The lowest BCUT2D eigenvalue weighted by molar-refractivity contribution is -0.275. The number of nitrogens with zero attached hydrogens (tertiary/aromatic N) is 1. The second-order valence-electron chi connectivity index (χ2n) is 5.84. The van der Waals surface area contributed by atoms with Gasteiger partial charge in [0.05, 0.1) is 5.71 Å². The molecule has 1 unspecified atom stereocenters. The lowest BCUT2D eigenvalue weighted by atomic mass is 9.88. The van der Waals surface area contributed by atoms with Crippen LogP contribution in [0.4, 0.5) is 18.9 Å². The van der Waals surface area contributed by atoms with E-state index in [9.17, 15) is 13.2 Å². The van der Waals surface area contributed by atoms with Gasteiger partial charge in [-0.1, -0.05) is 46.6 Å². The Hall–Kier alpha value is -2.18. The number of oxime groups is 1. The summed E-state index contributed by atoms with van der Waals surface area (Å²) in [5.74, 6) is 0. The van der Waals surface area contributed by atoms with Crippen molar-refractivity contribution in [3.05, 3.63) is 69.7 Å². The number of rotatable bonds is 3. The van der Waals surface area contributed by atoms with E-state index in [-0.39, 0.29) is 21.3 Å². The largest absolute Gasteiger partial charge is 0.435 e. The van der Waals surface area contributed by atoms with Crippen LogP contribution in [0.15, 0.2) is 53.7 Å². The van der Waals surface area contributed by atoms with Crippen molar-refractivity contribution in [2.45, 2.75) is 18.2 Å². The third-order valence-electron chi connectivity index (χ3n) is 3.91. The molecule has 136 valence electrons. The third-order valence-corrected chi connectivity index (χ3v) is 4.35. The van der Waals surface area contributed by atoms with E-state index in [1.165, 1.54) is 24.3 Å². The fourth-order valence-electron chi connectivity index (χ4n) is 2.66. The van der Waals surface area contributed by atoms with Gasteiger partial charge in [-0.15, -0.1) is 0 Å². The second kappa shape index (κ2) is 6.85. The lowest BCUT2D eigenvalue weighted by Crippen LogP contribution is -2.42. The fourth-order valence-corrected chi connectivity index (χ4v) is 3.18. The molecule has 0 amide bonds. The summed E-state index contributed by atoms with van der Waals surface area (Å²) in [7, 11) is 0. The molecule has 2 aromatic carbocycles. The Morgan fingerprint density at radius 1 is 1.08 bits per heavy atom. The zero-order valence-electron chi connectivity index (χ0n) is 13.2. The Bertz CT molecular complexity index is 876. The number of hydrogen-bond acceptors (Lipinski definition) is 3. The van der Waals surface area contributed by atoms with Crippen molar-refractivity contribution in [3.8, 4) is 0 Å². The molecule has 2 N–H and O–H groups in total. The first-order chi connectivity index (χ1) is 12.2. The Labute approximate surface area is 157 Å². The molecule has 1 atom stereocenters. The number of hydrogen-bond donors (Lipinski definition) is 1. The molecule has 0 fully saturated rings. The van der Waals surface area contributed by atoms with Gasteiger partial charge in [-0.25, -0.2) is 0 Å². The van der Waals surface area contributed by atoms with E-state index in [1.54, 1.807) is 30.3 Å². The monoisotopic (exact) mass is 400 g/mol. The van der Waals surface area contributed by atoms with Gasteiger partial charge in [-0.2, -0.15) is 13.2 Å². The number of nitrogens with two attached hydrogens (primary N) is 1. The minimum atomic E-state index is -4.71. The number of alkyl halides is 3. The first-order valence-electron chi connectivity index (χ1n) is 7.52. The maximum atomic E-state index is 13.8. The molecule has 0 radical (unpaired) electrons. The van der Waals surface area contributed by atoms with Gasteiger partial charge < -0.3 is 10.6 Å². The zero-order valence-corrected chi connectivity index (χ0v) is 14.7. The SMILES string of the molecule is Nc1cccc(/C=C\C2=NOC(c3cc(Cl)cc(Cl)c3)(C(F)(F)F)C2)c1. The lowest BCUT2D eigenvalue weighted by Gasteiger charge is -2.29.